The van der Waals surface area contributed by atoms with Gasteiger partial charge in [-0.1, -0.05) is 12.1 Å². The number of hydrogen-bond acceptors (Lipinski definition) is 6. The second kappa shape index (κ2) is 8.91. The van der Waals surface area contributed by atoms with E-state index < -0.39 is 15.7 Å². The summed E-state index contributed by atoms with van der Waals surface area (Å²) in [6.07, 6.45) is 0.486. The van der Waals surface area contributed by atoms with Gasteiger partial charge in [0.2, 0.25) is 5.91 Å². The van der Waals surface area contributed by atoms with Crippen LogP contribution in [-0.2, 0) is 14.6 Å². The van der Waals surface area contributed by atoms with Crippen molar-refractivity contribution in [3.05, 3.63) is 41.8 Å². The van der Waals surface area contributed by atoms with Gasteiger partial charge in [0, 0.05) is 12.6 Å². The predicted molar refractivity (Wildman–Crippen MR) is 107 cm³/mol. The highest BCUT2D eigenvalue weighted by atomic mass is 32.2. The Morgan fingerprint density at radius 1 is 1.41 bits per heavy atom. The topological polar surface area (TPSA) is 93.5 Å². The van der Waals surface area contributed by atoms with E-state index in [9.17, 15) is 17.6 Å². The van der Waals surface area contributed by atoms with Gasteiger partial charge in [0.05, 0.1) is 29.8 Å². The first-order valence-electron chi connectivity index (χ1n) is 9.36. The van der Waals surface area contributed by atoms with Crippen LogP contribution in [0.1, 0.15) is 18.2 Å². The molecule has 1 aliphatic heterocycles. The summed E-state index contributed by atoms with van der Waals surface area (Å²) in [5.74, 6) is 0.159. The lowest BCUT2D eigenvalue weighted by Crippen LogP contribution is -2.33. The van der Waals surface area contributed by atoms with Crippen molar-refractivity contribution in [1.29, 1.82) is 0 Å². The number of benzene rings is 1. The van der Waals surface area contributed by atoms with Gasteiger partial charge in [0.15, 0.2) is 21.4 Å². The third kappa shape index (κ3) is 5.77. The van der Waals surface area contributed by atoms with E-state index in [0.29, 0.717) is 24.5 Å². The highest BCUT2D eigenvalue weighted by Gasteiger charge is 2.31. The molecule has 1 aromatic heterocycles. The molecule has 0 bridgehead atoms. The summed E-state index contributed by atoms with van der Waals surface area (Å²) in [6, 6.07) is 7.62. The molecular formula is C19H25FN4O4S. The van der Waals surface area contributed by atoms with Gasteiger partial charge in [-0.2, -0.15) is 5.10 Å². The number of anilines is 1. The minimum atomic E-state index is -3.06. The normalized spacial score (nSPS) is 18.1. The summed E-state index contributed by atoms with van der Waals surface area (Å²) >= 11 is 0. The minimum absolute atomic E-state index is 0.0320. The lowest BCUT2D eigenvalue weighted by Gasteiger charge is -2.18. The number of para-hydroxylation sites is 1. The second-order valence-electron chi connectivity index (χ2n) is 7.24. The van der Waals surface area contributed by atoms with E-state index in [2.05, 4.69) is 10.4 Å². The van der Waals surface area contributed by atoms with E-state index in [1.165, 1.54) is 6.07 Å². The average molecular weight is 424 g/mol. The molecule has 1 unspecified atom stereocenters. The Morgan fingerprint density at radius 2 is 2.17 bits per heavy atom. The molecule has 0 radical (unpaired) electrons. The maximum absolute atomic E-state index is 13.5. The van der Waals surface area contributed by atoms with Crippen LogP contribution in [0.3, 0.4) is 0 Å². The van der Waals surface area contributed by atoms with Gasteiger partial charge in [-0.3, -0.25) is 9.69 Å². The molecule has 10 heteroatoms. The number of nitrogens with zero attached hydrogens (tertiary/aromatic N) is 3. The zero-order valence-corrected chi connectivity index (χ0v) is 17.3. The van der Waals surface area contributed by atoms with E-state index in [-0.39, 0.29) is 42.4 Å². The Morgan fingerprint density at radius 3 is 2.86 bits per heavy atom. The molecule has 1 amide bonds. The van der Waals surface area contributed by atoms with Gasteiger partial charge < -0.3 is 10.1 Å². The first-order chi connectivity index (χ1) is 13.7. The van der Waals surface area contributed by atoms with E-state index in [1.807, 2.05) is 0 Å². The van der Waals surface area contributed by atoms with Crippen LogP contribution in [0.5, 0.6) is 5.75 Å². The molecule has 2 heterocycles. The number of amides is 1. The van der Waals surface area contributed by atoms with Gasteiger partial charge in [0.25, 0.3) is 0 Å². The monoisotopic (exact) mass is 424 g/mol. The number of halogens is 1. The summed E-state index contributed by atoms with van der Waals surface area (Å²) in [6.45, 7) is 2.57. The van der Waals surface area contributed by atoms with Gasteiger partial charge in [-0.25, -0.2) is 17.5 Å². The standard InChI is InChI=1S/C19H25FN4O4S/c1-14-11-18(24(22-14)15-7-10-29(26,27)13-15)21-19(25)12-23(2)8-9-28-17-6-4-3-5-16(17)20/h3-6,11,15H,7-10,12-13H2,1-2H3,(H,21,25). The van der Waals surface area contributed by atoms with Crippen LogP contribution in [0, 0.1) is 12.7 Å². The van der Waals surface area contributed by atoms with Gasteiger partial charge in [0.1, 0.15) is 12.4 Å². The lowest BCUT2D eigenvalue weighted by molar-refractivity contribution is -0.117. The van der Waals surface area contributed by atoms with Gasteiger partial charge in [-0.05, 0) is 32.5 Å². The molecule has 0 aliphatic carbocycles. The molecule has 1 aromatic carbocycles. The largest absolute Gasteiger partial charge is 0.489 e. The van der Waals surface area contributed by atoms with Crippen molar-refractivity contribution < 1.29 is 22.3 Å². The molecule has 2 aromatic rings. The molecule has 3 rings (SSSR count). The molecule has 1 fully saturated rings. The van der Waals surface area contributed by atoms with Crippen LogP contribution in [0.25, 0.3) is 0 Å². The van der Waals surface area contributed by atoms with Crippen molar-refractivity contribution >= 4 is 21.6 Å². The minimum Gasteiger partial charge on any atom is -0.489 e. The number of hydrogen-bond donors (Lipinski definition) is 1. The van der Waals surface area contributed by atoms with Crippen molar-refractivity contribution in [1.82, 2.24) is 14.7 Å². The smallest absolute Gasteiger partial charge is 0.239 e. The first kappa shape index (κ1) is 21.3. The van der Waals surface area contributed by atoms with Crippen LogP contribution >= 0.6 is 0 Å². The van der Waals surface area contributed by atoms with Crippen molar-refractivity contribution in [2.75, 3.05) is 43.6 Å². The molecular weight excluding hydrogens is 399 g/mol. The average Bonchev–Trinajstić information content (AvgIpc) is 3.18. The van der Waals surface area contributed by atoms with Crippen LogP contribution < -0.4 is 10.1 Å². The molecule has 1 N–H and O–H groups in total. The second-order valence-corrected chi connectivity index (χ2v) is 9.47. The number of carbonyl (C=O) groups is 1. The highest BCUT2D eigenvalue weighted by molar-refractivity contribution is 7.91. The van der Waals surface area contributed by atoms with Gasteiger partial charge in [-0.15, -0.1) is 0 Å². The van der Waals surface area contributed by atoms with Crippen LogP contribution in [0.15, 0.2) is 30.3 Å². The van der Waals surface area contributed by atoms with Crippen LogP contribution in [0.2, 0.25) is 0 Å². The van der Waals surface area contributed by atoms with Crippen LogP contribution in [0.4, 0.5) is 10.2 Å². The van der Waals surface area contributed by atoms with Gasteiger partial charge >= 0.3 is 0 Å². The number of ether oxygens (including phenoxy) is 1. The lowest BCUT2D eigenvalue weighted by atomic mass is 10.3. The Kier molecular flexibility index (Phi) is 6.53. The predicted octanol–water partition coefficient (Wildman–Crippen LogP) is 1.64. The fourth-order valence-corrected chi connectivity index (χ4v) is 4.93. The number of carbonyl (C=O) groups excluding carboxylic acids is 1. The summed E-state index contributed by atoms with van der Waals surface area (Å²) in [5.41, 5.74) is 0.705. The maximum atomic E-state index is 13.5. The molecule has 158 valence electrons. The maximum Gasteiger partial charge on any atom is 0.239 e. The quantitative estimate of drug-likeness (QED) is 0.693. The van der Waals surface area contributed by atoms with E-state index in [0.717, 1.165) is 0 Å². The summed E-state index contributed by atoms with van der Waals surface area (Å²) in [4.78, 5) is 14.2. The summed E-state index contributed by atoms with van der Waals surface area (Å²) in [5, 5.41) is 7.16. The number of likely N-dealkylation sites (N-methyl/N-ethyl adjacent to an activating group) is 1. The van der Waals surface area contributed by atoms with E-state index in [1.54, 1.807) is 47.8 Å². The Balaban J connectivity index is 1.51. The number of nitrogens with one attached hydrogen (secondary N) is 1. The molecule has 0 saturated carbocycles. The SMILES string of the molecule is Cc1cc(NC(=O)CN(C)CCOc2ccccc2F)n(C2CCS(=O)(=O)C2)n1. The Hall–Kier alpha value is -2.46. The molecule has 0 spiro atoms. The first-order valence-corrected chi connectivity index (χ1v) is 11.2. The Labute approximate surface area is 169 Å². The molecule has 1 saturated heterocycles. The summed E-state index contributed by atoms with van der Waals surface area (Å²) in [7, 11) is -1.30. The molecule has 29 heavy (non-hydrogen) atoms. The summed E-state index contributed by atoms with van der Waals surface area (Å²) < 4.78 is 44.0. The zero-order chi connectivity index (χ0) is 21.0. The van der Waals surface area contributed by atoms with Crippen molar-refractivity contribution in [2.24, 2.45) is 0 Å². The molecule has 1 aliphatic rings. The van der Waals surface area contributed by atoms with Crippen molar-refractivity contribution in [3.63, 3.8) is 0 Å². The number of aryl methyl sites for hydroxylation is 1. The van der Waals surface area contributed by atoms with Crippen molar-refractivity contribution in [2.45, 2.75) is 19.4 Å². The zero-order valence-electron chi connectivity index (χ0n) is 16.5. The third-order valence-electron chi connectivity index (χ3n) is 4.66. The number of rotatable bonds is 8. The fourth-order valence-electron chi connectivity index (χ4n) is 3.24. The molecule has 1 atom stereocenters. The third-order valence-corrected chi connectivity index (χ3v) is 6.41. The van der Waals surface area contributed by atoms with E-state index in [4.69, 9.17) is 4.74 Å². The number of aromatic nitrogens is 2. The molecule has 8 nitrogen and oxygen atoms in total. The number of sulfone groups is 1. The van der Waals surface area contributed by atoms with Crippen molar-refractivity contribution in [3.8, 4) is 5.75 Å². The Bertz CT molecular complexity index is 976. The fraction of sp³-hybridized carbons (Fsp3) is 0.474. The van der Waals surface area contributed by atoms with Crippen LogP contribution in [-0.4, -0.2) is 67.3 Å². The highest BCUT2D eigenvalue weighted by Crippen LogP contribution is 2.27. The van der Waals surface area contributed by atoms with E-state index >= 15 is 0 Å².